The van der Waals surface area contributed by atoms with Gasteiger partial charge in [0.2, 0.25) is 5.91 Å². The van der Waals surface area contributed by atoms with Crippen LogP contribution in [0.3, 0.4) is 0 Å². The minimum Gasteiger partial charge on any atom is -0.357 e. The molecule has 0 saturated heterocycles. The number of guanidine groups is 1. The average Bonchev–Trinajstić information content (AvgIpc) is 2.43. The predicted octanol–water partition coefficient (Wildman–Crippen LogP) is 2.12. The standard InChI is InChI=1S/C14H30N4O.HI/c1-5-9-16-13(19)11-18-14(15-8-4)17-10-12(6-2)7-3;/h12H,5-11H2,1-4H3,(H,16,19)(H2,15,17,18);1H. The Kier molecular flexibility index (Phi) is 16.2. The van der Waals surface area contributed by atoms with Crippen LogP contribution in [-0.2, 0) is 4.79 Å². The SMILES string of the molecule is CCCNC(=O)CN=C(NCC)NCC(CC)CC.I. The van der Waals surface area contributed by atoms with Crippen LogP contribution in [0.15, 0.2) is 4.99 Å². The maximum absolute atomic E-state index is 11.5. The fraction of sp³-hybridized carbons (Fsp3) is 0.857. The summed E-state index contributed by atoms with van der Waals surface area (Å²) in [5, 5.41) is 9.26. The third-order valence-electron chi connectivity index (χ3n) is 3.01. The van der Waals surface area contributed by atoms with Crippen molar-refractivity contribution in [3.63, 3.8) is 0 Å². The van der Waals surface area contributed by atoms with Crippen molar-refractivity contribution in [3.8, 4) is 0 Å². The lowest BCUT2D eigenvalue weighted by Gasteiger charge is -2.16. The van der Waals surface area contributed by atoms with Crippen LogP contribution < -0.4 is 16.0 Å². The number of nitrogens with one attached hydrogen (secondary N) is 3. The first-order valence-corrected chi connectivity index (χ1v) is 7.46. The van der Waals surface area contributed by atoms with Gasteiger partial charge in [-0.2, -0.15) is 0 Å². The van der Waals surface area contributed by atoms with Gasteiger partial charge in [-0.3, -0.25) is 4.79 Å². The number of nitrogens with zero attached hydrogens (tertiary/aromatic N) is 1. The number of carbonyl (C=O) groups is 1. The molecule has 1 amide bonds. The molecule has 0 aromatic rings. The van der Waals surface area contributed by atoms with Crippen molar-refractivity contribution in [2.24, 2.45) is 10.9 Å². The smallest absolute Gasteiger partial charge is 0.241 e. The molecular formula is C14H31IN4O. The first-order valence-electron chi connectivity index (χ1n) is 7.46. The number of halogens is 1. The van der Waals surface area contributed by atoms with E-state index in [1.807, 2.05) is 13.8 Å². The van der Waals surface area contributed by atoms with Crippen LogP contribution in [0.5, 0.6) is 0 Å². The maximum Gasteiger partial charge on any atom is 0.241 e. The minimum absolute atomic E-state index is 0. The summed E-state index contributed by atoms with van der Waals surface area (Å²) in [5.74, 6) is 1.35. The van der Waals surface area contributed by atoms with Gasteiger partial charge < -0.3 is 16.0 Å². The second-order valence-electron chi connectivity index (χ2n) is 4.61. The van der Waals surface area contributed by atoms with Crippen molar-refractivity contribution < 1.29 is 4.79 Å². The summed E-state index contributed by atoms with van der Waals surface area (Å²) in [6.45, 7) is 11.0. The van der Waals surface area contributed by atoms with Gasteiger partial charge in [0, 0.05) is 19.6 Å². The van der Waals surface area contributed by atoms with Crippen LogP contribution in [0.4, 0.5) is 0 Å². The fourth-order valence-electron chi connectivity index (χ4n) is 1.63. The van der Waals surface area contributed by atoms with E-state index in [1.165, 1.54) is 0 Å². The van der Waals surface area contributed by atoms with Gasteiger partial charge in [-0.15, -0.1) is 24.0 Å². The van der Waals surface area contributed by atoms with Gasteiger partial charge in [0.15, 0.2) is 5.96 Å². The van der Waals surface area contributed by atoms with Crippen LogP contribution in [-0.4, -0.2) is 38.0 Å². The van der Waals surface area contributed by atoms with E-state index in [9.17, 15) is 4.79 Å². The van der Waals surface area contributed by atoms with Crippen LogP contribution in [0.25, 0.3) is 0 Å². The van der Waals surface area contributed by atoms with Crippen molar-refractivity contribution in [1.82, 2.24) is 16.0 Å². The van der Waals surface area contributed by atoms with E-state index in [-0.39, 0.29) is 36.4 Å². The molecule has 0 spiro atoms. The summed E-state index contributed by atoms with van der Waals surface area (Å²) < 4.78 is 0. The summed E-state index contributed by atoms with van der Waals surface area (Å²) in [7, 11) is 0. The zero-order valence-electron chi connectivity index (χ0n) is 13.3. The van der Waals surface area contributed by atoms with E-state index >= 15 is 0 Å². The Morgan fingerprint density at radius 1 is 1.05 bits per heavy atom. The summed E-state index contributed by atoms with van der Waals surface area (Å²) in [6, 6.07) is 0. The highest BCUT2D eigenvalue weighted by molar-refractivity contribution is 14.0. The molecule has 0 saturated carbocycles. The molecule has 0 aliphatic rings. The summed E-state index contributed by atoms with van der Waals surface area (Å²) in [5.41, 5.74) is 0. The molecule has 0 aliphatic heterocycles. The van der Waals surface area contributed by atoms with E-state index in [2.05, 4.69) is 34.8 Å². The molecule has 0 heterocycles. The first-order chi connectivity index (χ1) is 9.17. The lowest BCUT2D eigenvalue weighted by molar-refractivity contribution is -0.119. The van der Waals surface area contributed by atoms with Gasteiger partial charge in [-0.1, -0.05) is 33.6 Å². The van der Waals surface area contributed by atoms with Crippen molar-refractivity contribution in [3.05, 3.63) is 0 Å². The number of aliphatic imine (C=N–C) groups is 1. The molecule has 120 valence electrons. The van der Waals surface area contributed by atoms with E-state index < -0.39 is 0 Å². The minimum atomic E-state index is -0.0263. The largest absolute Gasteiger partial charge is 0.357 e. The van der Waals surface area contributed by atoms with Gasteiger partial charge in [0.05, 0.1) is 0 Å². The van der Waals surface area contributed by atoms with Crippen LogP contribution >= 0.6 is 24.0 Å². The fourth-order valence-corrected chi connectivity index (χ4v) is 1.63. The molecule has 3 N–H and O–H groups in total. The van der Waals surface area contributed by atoms with E-state index in [0.717, 1.165) is 38.3 Å². The zero-order valence-corrected chi connectivity index (χ0v) is 15.6. The molecule has 0 unspecified atom stereocenters. The molecule has 0 aliphatic carbocycles. The average molecular weight is 398 g/mol. The van der Waals surface area contributed by atoms with Crippen molar-refractivity contribution in [1.29, 1.82) is 0 Å². The van der Waals surface area contributed by atoms with E-state index in [1.54, 1.807) is 0 Å². The van der Waals surface area contributed by atoms with Crippen molar-refractivity contribution >= 4 is 35.8 Å². The molecule has 20 heavy (non-hydrogen) atoms. The Morgan fingerprint density at radius 3 is 2.20 bits per heavy atom. The molecule has 0 fully saturated rings. The second kappa shape index (κ2) is 14.9. The van der Waals surface area contributed by atoms with Crippen LogP contribution in [0, 0.1) is 5.92 Å². The summed E-state index contributed by atoms with van der Waals surface area (Å²) in [6.07, 6.45) is 3.25. The first kappa shape index (κ1) is 21.8. The third kappa shape index (κ3) is 11.3. The molecule has 0 aromatic heterocycles. The molecule has 0 bridgehead atoms. The highest BCUT2D eigenvalue weighted by Gasteiger charge is 2.05. The molecule has 0 aromatic carbocycles. The van der Waals surface area contributed by atoms with Gasteiger partial charge >= 0.3 is 0 Å². The van der Waals surface area contributed by atoms with Gasteiger partial charge in [-0.05, 0) is 19.3 Å². The molecule has 5 nitrogen and oxygen atoms in total. The van der Waals surface area contributed by atoms with Crippen LogP contribution in [0.1, 0.15) is 47.0 Å². The predicted molar refractivity (Wildman–Crippen MR) is 96.8 cm³/mol. The maximum atomic E-state index is 11.5. The number of hydrogen-bond acceptors (Lipinski definition) is 2. The summed E-state index contributed by atoms with van der Waals surface area (Å²) in [4.78, 5) is 15.8. The number of rotatable bonds is 9. The monoisotopic (exact) mass is 398 g/mol. The Balaban J connectivity index is 0. The van der Waals surface area contributed by atoms with Gasteiger partial charge in [0.25, 0.3) is 0 Å². The molecule has 0 rings (SSSR count). The normalized spacial score (nSPS) is 10.9. The summed E-state index contributed by atoms with van der Waals surface area (Å²) >= 11 is 0. The quantitative estimate of drug-likeness (QED) is 0.317. The highest BCUT2D eigenvalue weighted by atomic mass is 127. The van der Waals surface area contributed by atoms with Gasteiger partial charge in [0.1, 0.15) is 6.54 Å². The Labute approximate surface area is 140 Å². The molecule has 6 heteroatoms. The van der Waals surface area contributed by atoms with E-state index in [0.29, 0.717) is 12.5 Å². The Hall–Kier alpha value is -0.530. The molecule has 0 radical (unpaired) electrons. The number of amides is 1. The lowest BCUT2D eigenvalue weighted by Crippen LogP contribution is -2.40. The second-order valence-corrected chi connectivity index (χ2v) is 4.61. The zero-order chi connectivity index (χ0) is 14.5. The van der Waals surface area contributed by atoms with Crippen LogP contribution in [0.2, 0.25) is 0 Å². The molecular weight excluding hydrogens is 367 g/mol. The topological polar surface area (TPSA) is 65.5 Å². The third-order valence-corrected chi connectivity index (χ3v) is 3.01. The number of hydrogen-bond donors (Lipinski definition) is 3. The molecule has 0 atom stereocenters. The number of carbonyl (C=O) groups excluding carboxylic acids is 1. The highest BCUT2D eigenvalue weighted by Crippen LogP contribution is 2.04. The Morgan fingerprint density at radius 2 is 1.70 bits per heavy atom. The van der Waals surface area contributed by atoms with Crippen molar-refractivity contribution in [2.75, 3.05) is 26.2 Å². The lowest BCUT2D eigenvalue weighted by atomic mass is 10.0. The van der Waals surface area contributed by atoms with Crippen molar-refractivity contribution in [2.45, 2.75) is 47.0 Å². The van der Waals surface area contributed by atoms with E-state index in [4.69, 9.17) is 0 Å². The Bertz CT molecular complexity index is 268. The van der Waals surface area contributed by atoms with Gasteiger partial charge in [-0.25, -0.2) is 4.99 Å².